The Bertz CT molecular complexity index is 820. The van der Waals surface area contributed by atoms with Gasteiger partial charge in [-0.2, -0.15) is 0 Å². The largest absolute Gasteiger partial charge is 0.355 e. The highest BCUT2D eigenvalue weighted by Crippen LogP contribution is 2.25. The molecule has 2 heterocycles. The Kier molecular flexibility index (Phi) is 8.32. The maximum Gasteiger partial charge on any atom is 0.224 e. The van der Waals surface area contributed by atoms with E-state index in [1.54, 1.807) is 0 Å². The third-order valence-electron chi connectivity index (χ3n) is 6.90. The lowest BCUT2D eigenvalue weighted by Crippen LogP contribution is -2.51. The Balaban J connectivity index is 1.34. The molecule has 2 aliphatic heterocycles. The first-order valence-corrected chi connectivity index (χ1v) is 12.1. The predicted molar refractivity (Wildman–Crippen MR) is 130 cm³/mol. The highest BCUT2D eigenvalue weighted by atomic mass is 16.1. The van der Waals surface area contributed by atoms with Crippen LogP contribution in [0.2, 0.25) is 0 Å². The molecule has 1 amide bonds. The number of nitrogens with zero attached hydrogens (tertiary/aromatic N) is 3. The van der Waals surface area contributed by atoms with Crippen molar-refractivity contribution in [3.05, 3.63) is 71.8 Å². The van der Waals surface area contributed by atoms with Crippen molar-refractivity contribution in [3.63, 3.8) is 0 Å². The summed E-state index contributed by atoms with van der Waals surface area (Å²) in [6.45, 7) is 9.23. The van der Waals surface area contributed by atoms with E-state index >= 15 is 0 Å². The van der Waals surface area contributed by atoms with Crippen molar-refractivity contribution in [2.75, 3.05) is 59.4 Å². The molecular formula is C27H38N4O. The summed E-state index contributed by atoms with van der Waals surface area (Å²) in [6, 6.07) is 21.1. The van der Waals surface area contributed by atoms with Crippen LogP contribution >= 0.6 is 0 Å². The predicted octanol–water partition coefficient (Wildman–Crippen LogP) is 2.73. The van der Waals surface area contributed by atoms with Gasteiger partial charge in [-0.15, -0.1) is 0 Å². The van der Waals surface area contributed by atoms with Crippen molar-refractivity contribution in [1.29, 1.82) is 0 Å². The number of carbonyl (C=O) groups is 1. The van der Waals surface area contributed by atoms with Gasteiger partial charge in [-0.25, -0.2) is 0 Å². The zero-order valence-electron chi connectivity index (χ0n) is 19.5. The average molecular weight is 435 g/mol. The van der Waals surface area contributed by atoms with Crippen molar-refractivity contribution < 1.29 is 4.79 Å². The summed E-state index contributed by atoms with van der Waals surface area (Å²) in [5, 5.41) is 3.23. The van der Waals surface area contributed by atoms with Crippen molar-refractivity contribution in [2.24, 2.45) is 11.8 Å². The molecule has 5 nitrogen and oxygen atoms in total. The zero-order chi connectivity index (χ0) is 22.2. The molecule has 0 unspecified atom stereocenters. The monoisotopic (exact) mass is 434 g/mol. The Morgan fingerprint density at radius 3 is 2.22 bits per heavy atom. The van der Waals surface area contributed by atoms with Gasteiger partial charge >= 0.3 is 0 Å². The number of likely N-dealkylation sites (tertiary alicyclic amines) is 1. The standard InChI is InChI=1S/C27H38N4O/c1-29-14-16-30(17-15-29)20-25-18-26(22-31(21-25)19-24-10-6-3-7-11-24)27(32)28-13-12-23-8-4-2-5-9-23/h2-11,25-26H,12-22H2,1H3,(H,28,32)/t25-,26-/m1/s1. The maximum atomic E-state index is 13.1. The number of piperazine rings is 1. The van der Waals surface area contributed by atoms with Gasteiger partial charge in [0.1, 0.15) is 0 Å². The van der Waals surface area contributed by atoms with Gasteiger partial charge in [0.05, 0.1) is 5.92 Å². The minimum atomic E-state index is 0.0701. The van der Waals surface area contributed by atoms with E-state index in [-0.39, 0.29) is 11.8 Å². The van der Waals surface area contributed by atoms with E-state index in [4.69, 9.17) is 0 Å². The number of likely N-dealkylation sites (N-methyl/N-ethyl adjacent to an activating group) is 1. The van der Waals surface area contributed by atoms with Crippen LogP contribution in [-0.4, -0.2) is 80.0 Å². The Morgan fingerprint density at radius 1 is 0.875 bits per heavy atom. The van der Waals surface area contributed by atoms with Crippen molar-refractivity contribution in [1.82, 2.24) is 20.0 Å². The molecule has 1 N–H and O–H groups in total. The van der Waals surface area contributed by atoms with E-state index < -0.39 is 0 Å². The van der Waals surface area contributed by atoms with Crippen LogP contribution in [0.5, 0.6) is 0 Å². The van der Waals surface area contributed by atoms with E-state index in [0.29, 0.717) is 12.5 Å². The fourth-order valence-corrected chi connectivity index (χ4v) is 5.11. The fourth-order valence-electron chi connectivity index (χ4n) is 5.11. The number of carbonyl (C=O) groups excluding carboxylic acids is 1. The second kappa shape index (κ2) is 11.6. The molecule has 2 saturated heterocycles. The van der Waals surface area contributed by atoms with Gasteiger partial charge in [0.25, 0.3) is 0 Å². The summed E-state index contributed by atoms with van der Waals surface area (Å²) in [7, 11) is 2.20. The first-order valence-electron chi connectivity index (χ1n) is 12.1. The van der Waals surface area contributed by atoms with Crippen molar-refractivity contribution in [2.45, 2.75) is 19.4 Å². The molecule has 5 heteroatoms. The lowest BCUT2D eigenvalue weighted by molar-refractivity contribution is -0.127. The molecule has 0 spiro atoms. The highest BCUT2D eigenvalue weighted by molar-refractivity contribution is 5.79. The number of amides is 1. The molecule has 0 aromatic heterocycles. The molecule has 4 rings (SSSR count). The van der Waals surface area contributed by atoms with Gasteiger partial charge in [-0.1, -0.05) is 60.7 Å². The Hall–Kier alpha value is -2.21. The molecule has 172 valence electrons. The fraction of sp³-hybridized carbons (Fsp3) is 0.519. The van der Waals surface area contributed by atoms with Crippen LogP contribution < -0.4 is 5.32 Å². The number of nitrogens with one attached hydrogen (secondary N) is 1. The second-order valence-corrected chi connectivity index (χ2v) is 9.61. The average Bonchev–Trinajstić information content (AvgIpc) is 2.82. The topological polar surface area (TPSA) is 38.8 Å². The number of benzene rings is 2. The van der Waals surface area contributed by atoms with Crippen LogP contribution in [-0.2, 0) is 17.8 Å². The second-order valence-electron chi connectivity index (χ2n) is 9.61. The normalized spacial score (nSPS) is 23.2. The minimum Gasteiger partial charge on any atom is -0.355 e. The molecule has 0 bridgehead atoms. The summed E-state index contributed by atoms with van der Waals surface area (Å²) in [6.07, 6.45) is 1.88. The highest BCUT2D eigenvalue weighted by Gasteiger charge is 2.32. The van der Waals surface area contributed by atoms with Gasteiger partial charge < -0.3 is 15.1 Å². The Morgan fingerprint density at radius 2 is 1.53 bits per heavy atom. The van der Waals surface area contributed by atoms with E-state index in [0.717, 1.165) is 65.2 Å². The smallest absolute Gasteiger partial charge is 0.224 e. The first kappa shape index (κ1) is 23.0. The van der Waals surface area contributed by atoms with Crippen LogP contribution in [0.4, 0.5) is 0 Å². The first-order chi connectivity index (χ1) is 15.7. The molecule has 2 aromatic carbocycles. The maximum absolute atomic E-state index is 13.1. The quantitative estimate of drug-likeness (QED) is 0.694. The lowest BCUT2D eigenvalue weighted by Gasteiger charge is -2.41. The van der Waals surface area contributed by atoms with E-state index in [1.165, 1.54) is 11.1 Å². The summed E-state index contributed by atoms with van der Waals surface area (Å²) in [5.74, 6) is 0.837. The van der Waals surface area contributed by atoms with Gasteiger partial charge in [0.2, 0.25) is 5.91 Å². The number of rotatable bonds is 8. The molecule has 0 saturated carbocycles. The molecule has 32 heavy (non-hydrogen) atoms. The zero-order valence-corrected chi connectivity index (χ0v) is 19.5. The summed E-state index contributed by atoms with van der Waals surface area (Å²) in [5.41, 5.74) is 2.60. The van der Waals surface area contributed by atoms with E-state index in [9.17, 15) is 4.79 Å². The number of piperidine rings is 1. The van der Waals surface area contributed by atoms with Gasteiger partial charge in [-0.05, 0) is 36.9 Å². The van der Waals surface area contributed by atoms with Crippen LogP contribution in [0.15, 0.2) is 60.7 Å². The molecule has 2 aliphatic rings. The van der Waals surface area contributed by atoms with Crippen molar-refractivity contribution >= 4 is 5.91 Å². The molecule has 2 fully saturated rings. The molecular weight excluding hydrogens is 396 g/mol. The van der Waals surface area contributed by atoms with Gasteiger partial charge in [-0.3, -0.25) is 9.69 Å². The van der Waals surface area contributed by atoms with Gasteiger partial charge in [0.15, 0.2) is 0 Å². The Labute approximate surface area is 193 Å². The third-order valence-corrected chi connectivity index (χ3v) is 6.90. The van der Waals surface area contributed by atoms with Crippen LogP contribution in [0.3, 0.4) is 0 Å². The molecule has 2 atom stereocenters. The lowest BCUT2D eigenvalue weighted by atomic mass is 9.87. The van der Waals surface area contributed by atoms with E-state index in [2.05, 4.69) is 81.7 Å². The SMILES string of the molecule is CN1CCN(C[C@H]2C[C@@H](C(=O)NCCc3ccccc3)CN(Cc3ccccc3)C2)CC1. The number of hydrogen-bond acceptors (Lipinski definition) is 4. The van der Waals surface area contributed by atoms with Crippen LogP contribution in [0.25, 0.3) is 0 Å². The molecule has 2 aromatic rings. The summed E-state index contributed by atoms with van der Waals surface area (Å²) < 4.78 is 0. The van der Waals surface area contributed by atoms with Crippen LogP contribution in [0, 0.1) is 11.8 Å². The summed E-state index contributed by atoms with van der Waals surface area (Å²) in [4.78, 5) is 20.6. The van der Waals surface area contributed by atoms with Crippen molar-refractivity contribution in [3.8, 4) is 0 Å². The number of hydrogen-bond donors (Lipinski definition) is 1. The molecule has 0 aliphatic carbocycles. The minimum absolute atomic E-state index is 0.0701. The van der Waals surface area contributed by atoms with E-state index in [1.807, 2.05) is 6.07 Å². The third kappa shape index (κ3) is 6.89. The molecule has 0 radical (unpaired) electrons. The van der Waals surface area contributed by atoms with Gasteiger partial charge in [0, 0.05) is 58.9 Å². The van der Waals surface area contributed by atoms with Crippen LogP contribution in [0.1, 0.15) is 17.5 Å². The summed E-state index contributed by atoms with van der Waals surface area (Å²) >= 11 is 0.